The molecular weight excluding hydrogens is 411 g/mol. The quantitative estimate of drug-likeness (QED) is 0.710. The highest BCUT2D eigenvalue weighted by molar-refractivity contribution is 5.96. The molecule has 4 rings (SSSR count). The Labute approximate surface area is 189 Å². The molecule has 0 saturated carbocycles. The van der Waals surface area contributed by atoms with Gasteiger partial charge in [0.05, 0.1) is 32.1 Å². The highest BCUT2D eigenvalue weighted by atomic mass is 19.1. The molecule has 2 aromatic rings. The average Bonchev–Trinajstić information content (AvgIpc) is 3.04. The molecule has 2 saturated heterocycles. The van der Waals surface area contributed by atoms with E-state index < -0.39 is 0 Å². The summed E-state index contributed by atoms with van der Waals surface area (Å²) in [5.74, 6) is -0.358. The summed E-state index contributed by atoms with van der Waals surface area (Å²) in [7, 11) is 0. The van der Waals surface area contributed by atoms with Crippen molar-refractivity contribution < 1.29 is 18.7 Å². The minimum Gasteiger partial charge on any atom is -0.379 e. The smallest absolute Gasteiger partial charge is 0.268 e. The molecule has 2 fully saturated rings. The van der Waals surface area contributed by atoms with Gasteiger partial charge in [0.2, 0.25) is 0 Å². The van der Waals surface area contributed by atoms with E-state index in [4.69, 9.17) is 9.47 Å². The summed E-state index contributed by atoms with van der Waals surface area (Å²) in [5.41, 5.74) is 4.55. The van der Waals surface area contributed by atoms with E-state index in [0.29, 0.717) is 32.0 Å². The van der Waals surface area contributed by atoms with Crippen LogP contribution in [0.2, 0.25) is 0 Å². The molecule has 2 aliphatic heterocycles. The van der Waals surface area contributed by atoms with Crippen molar-refractivity contribution >= 4 is 11.6 Å². The Morgan fingerprint density at radius 1 is 1.06 bits per heavy atom. The molecule has 1 N–H and O–H groups in total. The Balaban J connectivity index is 1.58. The van der Waals surface area contributed by atoms with Crippen molar-refractivity contribution in [3.63, 3.8) is 0 Å². The Kier molecular flexibility index (Phi) is 7.44. The highest BCUT2D eigenvalue weighted by Gasteiger charge is 2.27. The number of benzene rings is 1. The molecule has 8 heteroatoms. The SMILES string of the molecule is Cc1c(N2CCOCC2)c(C)n(Cc2cccc(F)c2)c1C(=O)NCCN1CCOCC1. The second kappa shape index (κ2) is 10.5. The number of hydrogen-bond acceptors (Lipinski definition) is 5. The molecule has 1 aromatic heterocycles. The van der Waals surface area contributed by atoms with Crippen LogP contribution >= 0.6 is 0 Å². The molecule has 0 unspecified atom stereocenters. The van der Waals surface area contributed by atoms with E-state index in [1.807, 2.05) is 24.5 Å². The van der Waals surface area contributed by atoms with Gasteiger partial charge in [-0.2, -0.15) is 0 Å². The van der Waals surface area contributed by atoms with E-state index in [-0.39, 0.29) is 11.7 Å². The van der Waals surface area contributed by atoms with Crippen LogP contribution in [-0.2, 0) is 16.0 Å². The van der Waals surface area contributed by atoms with Crippen LogP contribution in [-0.4, -0.2) is 81.1 Å². The number of amides is 1. The zero-order valence-electron chi connectivity index (χ0n) is 19.0. The number of aromatic nitrogens is 1. The third-order valence-corrected chi connectivity index (χ3v) is 6.32. The van der Waals surface area contributed by atoms with Crippen molar-refractivity contribution in [3.05, 3.63) is 52.6 Å². The van der Waals surface area contributed by atoms with E-state index >= 15 is 0 Å². The maximum atomic E-state index is 13.8. The van der Waals surface area contributed by atoms with Crippen molar-refractivity contribution in [2.45, 2.75) is 20.4 Å². The van der Waals surface area contributed by atoms with Gasteiger partial charge in [-0.3, -0.25) is 9.69 Å². The molecule has 0 radical (unpaired) electrons. The zero-order chi connectivity index (χ0) is 22.5. The van der Waals surface area contributed by atoms with Gasteiger partial charge in [-0.15, -0.1) is 0 Å². The van der Waals surface area contributed by atoms with Gasteiger partial charge in [0.1, 0.15) is 11.5 Å². The molecule has 0 spiro atoms. The first-order valence-electron chi connectivity index (χ1n) is 11.4. The van der Waals surface area contributed by atoms with E-state index in [9.17, 15) is 9.18 Å². The number of carbonyl (C=O) groups excluding carboxylic acids is 1. The van der Waals surface area contributed by atoms with E-state index in [2.05, 4.69) is 15.1 Å². The zero-order valence-corrected chi connectivity index (χ0v) is 19.0. The normalized spacial score (nSPS) is 17.5. The molecule has 174 valence electrons. The molecule has 1 amide bonds. The van der Waals surface area contributed by atoms with Crippen LogP contribution in [0, 0.1) is 19.7 Å². The molecule has 32 heavy (non-hydrogen) atoms. The van der Waals surface area contributed by atoms with Gasteiger partial charge >= 0.3 is 0 Å². The highest BCUT2D eigenvalue weighted by Crippen LogP contribution is 2.32. The van der Waals surface area contributed by atoms with Crippen LogP contribution in [0.3, 0.4) is 0 Å². The Morgan fingerprint density at radius 2 is 1.75 bits per heavy atom. The number of nitrogens with zero attached hydrogens (tertiary/aromatic N) is 3. The van der Waals surface area contributed by atoms with Crippen molar-refractivity contribution in [2.75, 3.05) is 70.6 Å². The van der Waals surface area contributed by atoms with Gasteiger partial charge in [-0.1, -0.05) is 12.1 Å². The van der Waals surface area contributed by atoms with Gasteiger partial charge < -0.3 is 24.3 Å². The fourth-order valence-electron chi connectivity index (χ4n) is 4.68. The monoisotopic (exact) mass is 444 g/mol. The van der Waals surface area contributed by atoms with Crippen LogP contribution in [0.25, 0.3) is 0 Å². The number of rotatable bonds is 7. The van der Waals surface area contributed by atoms with Crippen molar-refractivity contribution in [1.29, 1.82) is 0 Å². The van der Waals surface area contributed by atoms with Gasteiger partial charge in [-0.05, 0) is 31.5 Å². The van der Waals surface area contributed by atoms with Crippen LogP contribution in [0.1, 0.15) is 27.3 Å². The van der Waals surface area contributed by atoms with Crippen LogP contribution in [0.5, 0.6) is 0 Å². The molecular formula is C24H33FN4O3. The number of morpholine rings is 2. The number of nitrogens with one attached hydrogen (secondary N) is 1. The summed E-state index contributed by atoms with van der Waals surface area (Å²) in [6, 6.07) is 6.58. The molecule has 0 atom stereocenters. The minimum absolute atomic E-state index is 0.0882. The second-order valence-corrected chi connectivity index (χ2v) is 8.43. The molecule has 3 heterocycles. The molecule has 1 aromatic carbocycles. The van der Waals surface area contributed by atoms with E-state index in [1.54, 1.807) is 6.07 Å². The maximum Gasteiger partial charge on any atom is 0.268 e. The predicted octanol–water partition coefficient (Wildman–Crippen LogP) is 2.19. The summed E-state index contributed by atoms with van der Waals surface area (Å²) in [5, 5.41) is 3.11. The summed E-state index contributed by atoms with van der Waals surface area (Å²) in [6.07, 6.45) is 0. The first-order chi connectivity index (χ1) is 15.5. The summed E-state index contributed by atoms with van der Waals surface area (Å²) < 4.78 is 26.8. The van der Waals surface area contributed by atoms with Crippen molar-refractivity contribution in [3.8, 4) is 0 Å². The Bertz CT molecular complexity index is 934. The van der Waals surface area contributed by atoms with Crippen LogP contribution in [0.15, 0.2) is 24.3 Å². The first-order valence-corrected chi connectivity index (χ1v) is 11.4. The van der Waals surface area contributed by atoms with Crippen LogP contribution in [0.4, 0.5) is 10.1 Å². The Hall–Kier alpha value is -2.42. The lowest BCUT2D eigenvalue weighted by atomic mass is 10.2. The fraction of sp³-hybridized carbons (Fsp3) is 0.542. The summed E-state index contributed by atoms with van der Waals surface area (Å²) >= 11 is 0. The third kappa shape index (κ3) is 5.14. The lowest BCUT2D eigenvalue weighted by Gasteiger charge is -2.29. The fourth-order valence-corrected chi connectivity index (χ4v) is 4.68. The third-order valence-electron chi connectivity index (χ3n) is 6.32. The van der Waals surface area contributed by atoms with E-state index in [1.165, 1.54) is 12.1 Å². The van der Waals surface area contributed by atoms with Crippen LogP contribution < -0.4 is 10.2 Å². The number of halogens is 1. The van der Waals surface area contributed by atoms with E-state index in [0.717, 1.165) is 68.4 Å². The van der Waals surface area contributed by atoms with Crippen molar-refractivity contribution in [2.24, 2.45) is 0 Å². The lowest BCUT2D eigenvalue weighted by molar-refractivity contribution is 0.0383. The first kappa shape index (κ1) is 22.8. The molecule has 0 bridgehead atoms. The van der Waals surface area contributed by atoms with Gasteiger partial charge in [-0.25, -0.2) is 4.39 Å². The Morgan fingerprint density at radius 3 is 2.44 bits per heavy atom. The number of ether oxygens (including phenoxy) is 2. The standard InChI is InChI=1S/C24H33FN4O3/c1-18-22(28-10-14-32-15-11-28)19(2)29(17-20-4-3-5-21(25)16-20)23(18)24(30)26-6-7-27-8-12-31-13-9-27/h3-5,16H,6-15,17H2,1-2H3,(H,26,30). The lowest BCUT2D eigenvalue weighted by Crippen LogP contribution is -2.41. The summed E-state index contributed by atoms with van der Waals surface area (Å²) in [4.78, 5) is 17.9. The van der Waals surface area contributed by atoms with Gasteiger partial charge in [0.25, 0.3) is 5.91 Å². The molecule has 0 aliphatic carbocycles. The molecule has 7 nitrogen and oxygen atoms in total. The maximum absolute atomic E-state index is 13.8. The second-order valence-electron chi connectivity index (χ2n) is 8.43. The number of carbonyl (C=O) groups is 1. The van der Waals surface area contributed by atoms with Crippen molar-refractivity contribution in [1.82, 2.24) is 14.8 Å². The topological polar surface area (TPSA) is 59.0 Å². The predicted molar refractivity (Wildman–Crippen MR) is 122 cm³/mol. The number of anilines is 1. The van der Waals surface area contributed by atoms with Gasteiger partial charge in [0, 0.05) is 57.1 Å². The largest absolute Gasteiger partial charge is 0.379 e. The number of hydrogen-bond donors (Lipinski definition) is 1. The van der Waals surface area contributed by atoms with Gasteiger partial charge in [0.15, 0.2) is 0 Å². The average molecular weight is 445 g/mol. The minimum atomic E-state index is -0.269. The molecule has 2 aliphatic rings. The summed E-state index contributed by atoms with van der Waals surface area (Å²) in [6.45, 7) is 12.1.